The maximum absolute atomic E-state index is 6.73. The van der Waals surface area contributed by atoms with Crippen molar-refractivity contribution in [2.75, 3.05) is 14.1 Å². The van der Waals surface area contributed by atoms with Crippen molar-refractivity contribution < 1.29 is 0 Å². The summed E-state index contributed by atoms with van der Waals surface area (Å²) in [6, 6.07) is 8.83. The van der Waals surface area contributed by atoms with E-state index in [2.05, 4.69) is 48.6 Å². The highest BCUT2D eigenvalue weighted by molar-refractivity contribution is 7.17. The Bertz CT molecular complexity index is 567. The predicted molar refractivity (Wildman–Crippen MR) is 83.6 cm³/mol. The Morgan fingerprint density at radius 3 is 2.63 bits per heavy atom. The number of hydrogen-bond acceptors (Lipinski definition) is 3. The summed E-state index contributed by atoms with van der Waals surface area (Å²) in [6.45, 7) is 0. The molecule has 1 unspecified atom stereocenters. The van der Waals surface area contributed by atoms with E-state index in [1.807, 2.05) is 11.3 Å². The zero-order valence-corrected chi connectivity index (χ0v) is 12.5. The first kappa shape index (κ1) is 13.1. The Balaban J connectivity index is 2.07. The highest BCUT2D eigenvalue weighted by atomic mass is 32.1. The van der Waals surface area contributed by atoms with Crippen molar-refractivity contribution in [3.05, 3.63) is 35.2 Å². The van der Waals surface area contributed by atoms with Crippen molar-refractivity contribution >= 4 is 21.4 Å². The first-order valence-corrected chi connectivity index (χ1v) is 7.92. The van der Waals surface area contributed by atoms with Gasteiger partial charge in [0.25, 0.3) is 0 Å². The number of benzene rings is 1. The predicted octanol–water partition coefficient (Wildman–Crippen LogP) is 3.78. The maximum atomic E-state index is 6.73. The number of nitrogens with zero attached hydrogens (tertiary/aromatic N) is 1. The largest absolute Gasteiger partial charge is 0.322 e. The molecule has 1 fully saturated rings. The standard InChI is InChI=1S/C16H22N2S/c1-18(2)16(9-3-4-10-16)15(17)13-7-5-6-12-8-11-19-14(12)13/h5-8,11,15H,3-4,9-10,17H2,1-2H3. The summed E-state index contributed by atoms with van der Waals surface area (Å²) < 4.78 is 1.36. The molecule has 1 aromatic heterocycles. The van der Waals surface area contributed by atoms with Gasteiger partial charge in [0.1, 0.15) is 0 Å². The third-order valence-corrected chi connectivity index (χ3v) is 5.76. The van der Waals surface area contributed by atoms with Crippen molar-refractivity contribution in [1.29, 1.82) is 0 Å². The fourth-order valence-electron chi connectivity index (χ4n) is 3.57. The summed E-state index contributed by atoms with van der Waals surface area (Å²) in [5.74, 6) is 0. The molecule has 1 aromatic carbocycles. The molecule has 1 aliphatic rings. The van der Waals surface area contributed by atoms with Crippen LogP contribution < -0.4 is 5.73 Å². The second-order valence-corrected chi connectivity index (χ2v) is 6.79. The molecule has 3 rings (SSSR count). The van der Waals surface area contributed by atoms with Gasteiger partial charge in [-0.3, -0.25) is 0 Å². The van der Waals surface area contributed by atoms with Crippen molar-refractivity contribution in [2.24, 2.45) is 5.73 Å². The third kappa shape index (κ3) is 2.00. The van der Waals surface area contributed by atoms with Crippen LogP contribution in [0.15, 0.2) is 29.6 Å². The second kappa shape index (κ2) is 4.89. The molecular weight excluding hydrogens is 252 g/mol. The Kier molecular flexibility index (Phi) is 3.37. The van der Waals surface area contributed by atoms with E-state index >= 15 is 0 Å². The molecule has 0 aliphatic heterocycles. The third-order valence-electron chi connectivity index (χ3n) is 4.78. The van der Waals surface area contributed by atoms with Crippen LogP contribution in [0.25, 0.3) is 10.1 Å². The lowest BCUT2D eigenvalue weighted by atomic mass is 9.83. The van der Waals surface area contributed by atoms with Crippen LogP contribution in [0.5, 0.6) is 0 Å². The van der Waals surface area contributed by atoms with E-state index in [9.17, 15) is 0 Å². The van der Waals surface area contributed by atoms with E-state index in [0.717, 1.165) is 0 Å². The number of likely N-dealkylation sites (N-methyl/N-ethyl adjacent to an activating group) is 1. The molecule has 1 saturated carbocycles. The first-order chi connectivity index (χ1) is 9.15. The van der Waals surface area contributed by atoms with Gasteiger partial charge >= 0.3 is 0 Å². The lowest BCUT2D eigenvalue weighted by Gasteiger charge is -2.41. The molecular formula is C16H22N2S. The van der Waals surface area contributed by atoms with E-state index in [1.165, 1.54) is 41.3 Å². The molecule has 0 spiro atoms. The highest BCUT2D eigenvalue weighted by Crippen LogP contribution is 2.44. The quantitative estimate of drug-likeness (QED) is 0.923. The monoisotopic (exact) mass is 274 g/mol. The van der Waals surface area contributed by atoms with Crippen molar-refractivity contribution in [2.45, 2.75) is 37.3 Å². The summed E-state index contributed by atoms with van der Waals surface area (Å²) >= 11 is 1.81. The minimum Gasteiger partial charge on any atom is -0.322 e. The molecule has 1 atom stereocenters. The van der Waals surface area contributed by atoms with Gasteiger partial charge in [0.15, 0.2) is 0 Å². The van der Waals surface area contributed by atoms with Gasteiger partial charge in [-0.1, -0.05) is 31.0 Å². The van der Waals surface area contributed by atoms with Gasteiger partial charge in [-0.2, -0.15) is 0 Å². The van der Waals surface area contributed by atoms with Crippen LogP contribution in [0, 0.1) is 0 Å². The van der Waals surface area contributed by atoms with Crippen LogP contribution in [0.3, 0.4) is 0 Å². The van der Waals surface area contributed by atoms with Crippen LogP contribution in [0.1, 0.15) is 37.3 Å². The van der Waals surface area contributed by atoms with Gasteiger partial charge in [-0.05, 0) is 49.3 Å². The highest BCUT2D eigenvalue weighted by Gasteiger charge is 2.42. The van der Waals surface area contributed by atoms with Gasteiger partial charge in [0.2, 0.25) is 0 Å². The minimum absolute atomic E-state index is 0.104. The SMILES string of the molecule is CN(C)C1(C(N)c2cccc3ccsc23)CCCC1. The lowest BCUT2D eigenvalue weighted by molar-refractivity contribution is 0.124. The van der Waals surface area contributed by atoms with Gasteiger partial charge in [-0.15, -0.1) is 11.3 Å². The van der Waals surface area contributed by atoms with Crippen LogP contribution in [0.4, 0.5) is 0 Å². The van der Waals surface area contributed by atoms with Crippen LogP contribution in [0.2, 0.25) is 0 Å². The number of thiophene rings is 1. The van der Waals surface area contributed by atoms with Crippen molar-refractivity contribution in [1.82, 2.24) is 4.90 Å². The van der Waals surface area contributed by atoms with Gasteiger partial charge < -0.3 is 10.6 Å². The average Bonchev–Trinajstić information content (AvgIpc) is 3.06. The molecule has 1 heterocycles. The number of hydrogen-bond donors (Lipinski definition) is 1. The van der Waals surface area contributed by atoms with E-state index in [0.29, 0.717) is 0 Å². The van der Waals surface area contributed by atoms with E-state index in [-0.39, 0.29) is 11.6 Å². The molecule has 2 nitrogen and oxygen atoms in total. The van der Waals surface area contributed by atoms with Crippen LogP contribution in [-0.2, 0) is 0 Å². The molecule has 3 heteroatoms. The van der Waals surface area contributed by atoms with Gasteiger partial charge in [-0.25, -0.2) is 0 Å². The summed E-state index contributed by atoms with van der Waals surface area (Å²) in [7, 11) is 4.36. The van der Waals surface area contributed by atoms with E-state index in [4.69, 9.17) is 5.73 Å². The molecule has 0 amide bonds. The number of rotatable bonds is 3. The zero-order valence-electron chi connectivity index (χ0n) is 11.7. The minimum atomic E-state index is 0.104. The molecule has 0 saturated heterocycles. The van der Waals surface area contributed by atoms with Crippen molar-refractivity contribution in [3.63, 3.8) is 0 Å². The summed E-state index contributed by atoms with van der Waals surface area (Å²) in [5.41, 5.74) is 8.19. The molecule has 0 radical (unpaired) electrons. The number of fused-ring (bicyclic) bond motifs is 1. The fourth-order valence-corrected chi connectivity index (χ4v) is 4.53. The Hall–Kier alpha value is -0.900. The lowest BCUT2D eigenvalue weighted by Crippen LogP contribution is -2.50. The normalized spacial score (nSPS) is 20.2. The Morgan fingerprint density at radius 1 is 1.21 bits per heavy atom. The molecule has 1 aliphatic carbocycles. The van der Waals surface area contributed by atoms with Crippen LogP contribution >= 0.6 is 11.3 Å². The molecule has 19 heavy (non-hydrogen) atoms. The summed E-state index contributed by atoms with van der Waals surface area (Å²) in [6.07, 6.45) is 5.02. The van der Waals surface area contributed by atoms with Gasteiger partial charge in [0.05, 0.1) is 0 Å². The molecule has 102 valence electrons. The first-order valence-electron chi connectivity index (χ1n) is 7.04. The fraction of sp³-hybridized carbons (Fsp3) is 0.500. The summed E-state index contributed by atoms with van der Waals surface area (Å²) in [5, 5.41) is 3.49. The van der Waals surface area contributed by atoms with Crippen LogP contribution in [-0.4, -0.2) is 24.5 Å². The molecule has 0 bridgehead atoms. The maximum Gasteiger partial charge on any atom is 0.0496 e. The Labute approximate surface area is 119 Å². The topological polar surface area (TPSA) is 29.3 Å². The Morgan fingerprint density at radius 2 is 1.95 bits per heavy atom. The summed E-state index contributed by atoms with van der Waals surface area (Å²) in [4.78, 5) is 2.36. The van der Waals surface area contributed by atoms with Crippen molar-refractivity contribution in [3.8, 4) is 0 Å². The second-order valence-electron chi connectivity index (χ2n) is 5.87. The molecule has 2 N–H and O–H groups in total. The smallest absolute Gasteiger partial charge is 0.0496 e. The number of nitrogens with two attached hydrogens (primary N) is 1. The van der Waals surface area contributed by atoms with E-state index in [1.54, 1.807) is 0 Å². The average molecular weight is 274 g/mol. The zero-order chi connectivity index (χ0) is 13.5. The van der Waals surface area contributed by atoms with Gasteiger partial charge in [0, 0.05) is 16.3 Å². The molecule has 2 aromatic rings. The van der Waals surface area contributed by atoms with E-state index < -0.39 is 0 Å².